The predicted molar refractivity (Wildman–Crippen MR) is 155 cm³/mol. The number of methoxy groups -OCH3 is 1. The molecule has 0 bridgehead atoms. The lowest BCUT2D eigenvalue weighted by Crippen LogP contribution is -2.61. The number of hydrogen-bond acceptors (Lipinski definition) is 9. The van der Waals surface area contributed by atoms with Crippen molar-refractivity contribution in [2.75, 3.05) is 20.3 Å². The molecule has 9 heteroatoms. The summed E-state index contributed by atoms with van der Waals surface area (Å²) < 4.78 is 30.3. The van der Waals surface area contributed by atoms with Gasteiger partial charge in [-0.2, -0.15) is 0 Å². The van der Waals surface area contributed by atoms with Crippen molar-refractivity contribution < 1.29 is 33.9 Å². The van der Waals surface area contributed by atoms with Crippen LogP contribution in [0, 0.1) is 6.92 Å². The van der Waals surface area contributed by atoms with Gasteiger partial charge in [0, 0.05) is 36.7 Å². The van der Waals surface area contributed by atoms with Gasteiger partial charge in [0.25, 0.3) is 0 Å². The molecule has 2 aliphatic heterocycles. The number of aliphatic imine (C=N–C) groups is 2. The number of aromatic hydroxyl groups is 2. The zero-order valence-electron chi connectivity index (χ0n) is 23.7. The molecule has 41 heavy (non-hydrogen) atoms. The van der Waals surface area contributed by atoms with Gasteiger partial charge >= 0.3 is 0 Å². The third-order valence-corrected chi connectivity index (χ3v) is 7.12. The molecule has 216 valence electrons. The van der Waals surface area contributed by atoms with Crippen molar-refractivity contribution in [1.82, 2.24) is 0 Å². The summed E-state index contributed by atoms with van der Waals surface area (Å²) in [5.74, 6) is -0.133. The second kappa shape index (κ2) is 12.0. The summed E-state index contributed by atoms with van der Waals surface area (Å²) in [6.07, 6.45) is 1.67. The third kappa shape index (κ3) is 6.60. The lowest BCUT2D eigenvalue weighted by atomic mass is 9.94. The molecule has 0 aliphatic carbocycles. The van der Waals surface area contributed by atoms with Crippen LogP contribution in [0.2, 0.25) is 0 Å². The van der Waals surface area contributed by atoms with Crippen LogP contribution >= 0.6 is 0 Å². The van der Waals surface area contributed by atoms with Gasteiger partial charge in [0.15, 0.2) is 5.79 Å². The van der Waals surface area contributed by atoms with E-state index in [0.717, 1.165) is 11.1 Å². The van der Waals surface area contributed by atoms with E-state index in [0.29, 0.717) is 23.5 Å². The Morgan fingerprint density at radius 1 is 0.951 bits per heavy atom. The zero-order chi connectivity index (χ0) is 29.0. The lowest BCUT2D eigenvalue weighted by molar-refractivity contribution is -0.211. The van der Waals surface area contributed by atoms with Crippen LogP contribution in [-0.4, -0.2) is 72.7 Å². The number of phenols is 2. The van der Waals surface area contributed by atoms with Gasteiger partial charge in [-0.05, 0) is 56.2 Å². The van der Waals surface area contributed by atoms with Crippen molar-refractivity contribution in [3.8, 4) is 17.2 Å². The smallest absolute Gasteiger partial charge is 0.207 e. The molecule has 2 aliphatic rings. The molecule has 3 aromatic rings. The van der Waals surface area contributed by atoms with Gasteiger partial charge in [0.05, 0.1) is 13.2 Å². The number of phenolic OH excluding ortho intramolecular Hbond substituents is 2. The molecule has 0 amide bonds. The van der Waals surface area contributed by atoms with Crippen LogP contribution in [0.15, 0.2) is 76.7 Å². The monoisotopic (exact) mass is 560 g/mol. The summed E-state index contributed by atoms with van der Waals surface area (Å²) in [6.45, 7) is 6.27. The summed E-state index contributed by atoms with van der Waals surface area (Å²) in [7, 11) is 1.57. The lowest BCUT2D eigenvalue weighted by Gasteiger charge is -2.43. The second-order valence-corrected chi connectivity index (χ2v) is 10.7. The first-order chi connectivity index (χ1) is 19.7. The Bertz CT molecular complexity index is 1410. The first kappa shape index (κ1) is 28.8. The number of nitrogens with zero attached hydrogens (tertiary/aromatic N) is 2. The first-order valence-corrected chi connectivity index (χ1v) is 13.5. The van der Waals surface area contributed by atoms with Gasteiger partial charge in [-0.15, -0.1) is 0 Å². The van der Waals surface area contributed by atoms with Crippen LogP contribution in [0.25, 0.3) is 0 Å². The number of hydrogen-bond donors (Lipinski definition) is 2. The summed E-state index contributed by atoms with van der Waals surface area (Å²) in [4.78, 5) is 9.41. The van der Waals surface area contributed by atoms with E-state index >= 15 is 0 Å². The molecular weight excluding hydrogens is 524 g/mol. The Morgan fingerprint density at radius 3 is 2.41 bits per heavy atom. The van der Waals surface area contributed by atoms with Crippen LogP contribution in [0.3, 0.4) is 0 Å². The zero-order valence-corrected chi connectivity index (χ0v) is 23.7. The van der Waals surface area contributed by atoms with E-state index in [1.807, 2.05) is 57.2 Å². The maximum atomic E-state index is 10.8. The van der Waals surface area contributed by atoms with E-state index in [2.05, 4.69) is 4.99 Å². The standard InChI is InChI=1S/C32H36N2O7/c1-21-10-11-23(26(35)14-21)16-33-20-32(30(37-4)29-28(19-39-32)40-31(2,3)41-29)34-17-24-12-13-25(15-27(24)36)38-18-22-8-6-5-7-9-22/h5-17,28-30,35-36H,18-20H2,1-4H3/b33-16?,34-17+/t28-,29?,30?,32?/m0/s1. The Hall–Kier alpha value is -3.76. The van der Waals surface area contributed by atoms with Crippen molar-refractivity contribution in [3.63, 3.8) is 0 Å². The fourth-order valence-electron chi connectivity index (χ4n) is 5.10. The summed E-state index contributed by atoms with van der Waals surface area (Å²) >= 11 is 0. The summed E-state index contributed by atoms with van der Waals surface area (Å²) in [6, 6.07) is 20.2. The number of benzene rings is 3. The third-order valence-electron chi connectivity index (χ3n) is 7.12. The normalized spacial score (nSPS) is 25.5. The molecular formula is C32H36N2O7. The van der Waals surface area contributed by atoms with E-state index in [9.17, 15) is 10.2 Å². The number of rotatable bonds is 9. The minimum atomic E-state index is -1.29. The van der Waals surface area contributed by atoms with E-state index in [-0.39, 0.29) is 30.8 Å². The number of aryl methyl sites for hydroxylation is 1. The SMILES string of the molecule is COC1C2OC(C)(C)O[C@H]2COC1(CN=Cc1ccc(C)cc1O)/N=C/c1ccc(OCc2ccccc2)cc1O. The Kier molecular flexibility index (Phi) is 8.42. The highest BCUT2D eigenvalue weighted by Crippen LogP contribution is 2.40. The maximum absolute atomic E-state index is 10.8. The molecule has 0 radical (unpaired) electrons. The highest BCUT2D eigenvalue weighted by molar-refractivity contribution is 5.84. The Balaban J connectivity index is 1.40. The largest absolute Gasteiger partial charge is 0.507 e. The average Bonchev–Trinajstić information content (AvgIpc) is 3.27. The quantitative estimate of drug-likeness (QED) is 0.362. The molecule has 2 fully saturated rings. The highest BCUT2D eigenvalue weighted by Gasteiger charge is 2.58. The van der Waals surface area contributed by atoms with Crippen molar-refractivity contribution >= 4 is 12.4 Å². The summed E-state index contributed by atoms with van der Waals surface area (Å²) in [5.41, 5.74) is 1.73. The minimum Gasteiger partial charge on any atom is -0.507 e. The van der Waals surface area contributed by atoms with Crippen LogP contribution in [0.4, 0.5) is 0 Å². The molecule has 2 saturated heterocycles. The molecule has 3 unspecified atom stereocenters. The number of fused-ring (bicyclic) bond motifs is 1. The van der Waals surface area contributed by atoms with Crippen molar-refractivity contribution in [1.29, 1.82) is 0 Å². The van der Waals surface area contributed by atoms with Gasteiger partial charge in [0.1, 0.15) is 42.2 Å². The van der Waals surface area contributed by atoms with Gasteiger partial charge in [-0.25, -0.2) is 0 Å². The van der Waals surface area contributed by atoms with E-state index < -0.39 is 23.7 Å². The summed E-state index contributed by atoms with van der Waals surface area (Å²) in [5, 5.41) is 21.1. The second-order valence-electron chi connectivity index (χ2n) is 10.7. The average molecular weight is 561 g/mol. The molecule has 2 heterocycles. The van der Waals surface area contributed by atoms with E-state index in [1.54, 1.807) is 49.9 Å². The molecule has 4 atom stereocenters. The van der Waals surface area contributed by atoms with Crippen LogP contribution in [0.1, 0.15) is 36.1 Å². The van der Waals surface area contributed by atoms with Crippen LogP contribution in [0.5, 0.6) is 17.2 Å². The Morgan fingerprint density at radius 2 is 1.68 bits per heavy atom. The van der Waals surface area contributed by atoms with Gasteiger partial charge < -0.3 is 33.9 Å². The van der Waals surface area contributed by atoms with Gasteiger partial charge in [-0.3, -0.25) is 9.98 Å². The molecule has 5 rings (SSSR count). The number of ether oxygens (including phenoxy) is 5. The molecule has 0 saturated carbocycles. The van der Waals surface area contributed by atoms with E-state index in [1.165, 1.54) is 0 Å². The van der Waals surface area contributed by atoms with Crippen molar-refractivity contribution in [2.45, 2.75) is 57.2 Å². The van der Waals surface area contributed by atoms with Gasteiger partial charge in [-0.1, -0.05) is 36.4 Å². The van der Waals surface area contributed by atoms with Gasteiger partial charge in [0.2, 0.25) is 5.72 Å². The van der Waals surface area contributed by atoms with Crippen molar-refractivity contribution in [2.24, 2.45) is 9.98 Å². The fourth-order valence-corrected chi connectivity index (χ4v) is 5.10. The van der Waals surface area contributed by atoms with Crippen molar-refractivity contribution in [3.05, 3.63) is 89.0 Å². The topological polar surface area (TPSA) is 111 Å². The Labute approximate surface area is 240 Å². The maximum Gasteiger partial charge on any atom is 0.207 e. The molecule has 0 spiro atoms. The minimum absolute atomic E-state index is 0.00627. The highest BCUT2D eigenvalue weighted by atomic mass is 16.8. The fraction of sp³-hybridized carbons (Fsp3) is 0.375. The first-order valence-electron chi connectivity index (χ1n) is 13.5. The van der Waals surface area contributed by atoms with E-state index in [4.69, 9.17) is 28.7 Å². The molecule has 2 N–H and O–H groups in total. The molecule has 9 nitrogen and oxygen atoms in total. The van der Waals surface area contributed by atoms with Crippen LogP contribution in [-0.2, 0) is 25.6 Å². The van der Waals surface area contributed by atoms with Crippen LogP contribution < -0.4 is 4.74 Å². The molecule has 3 aromatic carbocycles. The molecule has 0 aromatic heterocycles. The predicted octanol–water partition coefficient (Wildman–Crippen LogP) is 4.78.